The number of hydrogen-bond acceptors (Lipinski definition) is 5. The molecule has 0 rings (SSSR count). The van der Waals surface area contributed by atoms with Gasteiger partial charge in [0.05, 0.1) is 0 Å². The third-order valence-electron chi connectivity index (χ3n) is 2.79. The van der Waals surface area contributed by atoms with Crippen LogP contribution < -0.4 is 11.5 Å². The quantitative estimate of drug-likeness (QED) is 0.501. The molecule has 0 bridgehead atoms. The molecule has 7 nitrogen and oxygen atoms in total. The Hall–Kier alpha value is -1.18. The molecule has 0 radical (unpaired) electrons. The predicted octanol–water partition coefficient (Wildman–Crippen LogP) is 0.245. The molecule has 0 saturated heterocycles. The molecule has 0 aliphatic carbocycles. The second-order valence-corrected chi connectivity index (χ2v) is 4.18. The van der Waals surface area contributed by atoms with Gasteiger partial charge in [0.25, 0.3) is 0 Å². The number of rotatable bonds is 9. The van der Waals surface area contributed by atoms with Gasteiger partial charge in [-0.2, -0.15) is 0 Å². The first-order chi connectivity index (χ1) is 7.84. The van der Waals surface area contributed by atoms with Crippen molar-refractivity contribution in [3.8, 4) is 0 Å². The monoisotopic (exact) mass is 246 g/mol. The normalized spacial score (nSPS) is 11.8. The van der Waals surface area contributed by atoms with Gasteiger partial charge in [-0.25, -0.2) is 0 Å². The van der Waals surface area contributed by atoms with Crippen molar-refractivity contribution in [3.63, 3.8) is 0 Å². The molecule has 0 atom stereocenters. The lowest BCUT2D eigenvalue weighted by Gasteiger charge is -2.44. The minimum absolute atomic E-state index is 0.0158. The first kappa shape index (κ1) is 15.8. The van der Waals surface area contributed by atoms with Crippen LogP contribution in [0.25, 0.3) is 0 Å². The van der Waals surface area contributed by atoms with Crippen molar-refractivity contribution in [2.75, 3.05) is 0 Å². The second-order valence-electron chi connectivity index (χ2n) is 4.18. The number of primary amides is 2. The Morgan fingerprint density at radius 2 is 1.59 bits per heavy atom. The van der Waals surface area contributed by atoms with Crippen molar-refractivity contribution in [1.29, 1.82) is 0 Å². The first-order valence-corrected chi connectivity index (χ1v) is 5.57. The lowest BCUT2D eigenvalue weighted by molar-refractivity contribution is -0.146. The summed E-state index contributed by atoms with van der Waals surface area (Å²) in [6.45, 7) is 1.84. The molecule has 17 heavy (non-hydrogen) atoms. The highest BCUT2D eigenvalue weighted by Gasteiger charge is 2.31. The van der Waals surface area contributed by atoms with Crippen LogP contribution in [0.2, 0.25) is 0 Å². The number of hydrogen-bond donors (Lipinski definition) is 3. The average Bonchev–Trinajstić information content (AvgIpc) is 2.21. The Balaban J connectivity index is 4.71. The zero-order valence-corrected chi connectivity index (χ0v) is 10.0. The number of carbonyl (C=O) groups is 2. The van der Waals surface area contributed by atoms with Crippen molar-refractivity contribution in [1.82, 2.24) is 5.23 Å². The van der Waals surface area contributed by atoms with Crippen molar-refractivity contribution in [2.24, 2.45) is 11.5 Å². The van der Waals surface area contributed by atoms with E-state index in [2.05, 4.69) is 0 Å². The van der Waals surface area contributed by atoms with E-state index < -0.39 is 17.4 Å². The summed E-state index contributed by atoms with van der Waals surface area (Å²) in [5, 5.41) is 20.3. The van der Waals surface area contributed by atoms with Crippen LogP contribution in [0.5, 0.6) is 0 Å². The molecule has 5 N–H and O–H groups in total. The lowest BCUT2D eigenvalue weighted by atomic mass is 9.84. The summed E-state index contributed by atoms with van der Waals surface area (Å²) in [4.78, 5) is 21.5. The van der Waals surface area contributed by atoms with Gasteiger partial charge >= 0.3 is 0 Å². The molecule has 0 aliphatic rings. The van der Waals surface area contributed by atoms with E-state index in [4.69, 9.17) is 11.5 Å². The summed E-state index contributed by atoms with van der Waals surface area (Å²) in [6, 6.07) is 0. The molecular weight excluding hydrogens is 226 g/mol. The molecule has 0 aromatic heterocycles. The van der Waals surface area contributed by atoms with E-state index in [0.717, 1.165) is 0 Å². The van der Waals surface area contributed by atoms with Gasteiger partial charge in [0.1, 0.15) is 0 Å². The fourth-order valence-corrected chi connectivity index (χ4v) is 1.84. The maximum atomic E-state index is 11.2. The third-order valence-corrected chi connectivity index (χ3v) is 2.79. The Kier molecular flexibility index (Phi) is 6.71. The number of hydroxylamine groups is 2. The van der Waals surface area contributed by atoms with Crippen molar-refractivity contribution in [2.45, 2.75) is 51.0 Å². The van der Waals surface area contributed by atoms with Crippen LogP contribution in [0, 0.1) is 5.21 Å². The van der Waals surface area contributed by atoms with Gasteiger partial charge < -0.3 is 21.9 Å². The maximum absolute atomic E-state index is 11.2. The van der Waals surface area contributed by atoms with Crippen LogP contribution in [0.3, 0.4) is 0 Å². The predicted molar refractivity (Wildman–Crippen MR) is 61.5 cm³/mol. The molecule has 0 saturated carbocycles. The summed E-state index contributed by atoms with van der Waals surface area (Å²) in [5.74, 6) is -1.10. The van der Waals surface area contributed by atoms with Crippen LogP contribution in [-0.4, -0.2) is 27.8 Å². The number of amides is 2. The van der Waals surface area contributed by atoms with E-state index in [1.807, 2.05) is 6.92 Å². The summed E-state index contributed by atoms with van der Waals surface area (Å²) >= 11 is 0. The molecule has 0 aliphatic heterocycles. The highest BCUT2D eigenvalue weighted by molar-refractivity contribution is 5.74. The van der Waals surface area contributed by atoms with Crippen LogP contribution in [0.15, 0.2) is 0 Å². The van der Waals surface area contributed by atoms with Crippen molar-refractivity contribution in [3.05, 3.63) is 5.21 Å². The molecule has 0 unspecified atom stereocenters. The fraction of sp³-hybridized carbons (Fsp3) is 0.800. The van der Waals surface area contributed by atoms with Gasteiger partial charge in [0, 0.05) is 18.4 Å². The Labute approximate surface area is 100 Å². The van der Waals surface area contributed by atoms with Crippen LogP contribution >= 0.6 is 0 Å². The van der Waals surface area contributed by atoms with Gasteiger partial charge in [0.15, 0.2) is 0 Å². The summed E-state index contributed by atoms with van der Waals surface area (Å²) < 4.78 is 0. The standard InChI is InChI=1S/C10H20N3O4/c1-2-5-10(13(16)17,6-3-8(11)14)7-4-9(12)15/h16H,2-7H2,1H3,(H2,11,14)(H2,12,15)/q-1. The maximum Gasteiger partial charge on any atom is 0.217 e. The van der Waals surface area contributed by atoms with Crippen LogP contribution in [0.4, 0.5) is 0 Å². The number of nitrogens with zero attached hydrogens (tertiary/aromatic N) is 1. The first-order valence-electron chi connectivity index (χ1n) is 5.57. The lowest BCUT2D eigenvalue weighted by Crippen LogP contribution is -2.45. The molecule has 0 aromatic rings. The topological polar surface area (TPSA) is 133 Å². The second kappa shape index (κ2) is 7.21. The highest BCUT2D eigenvalue weighted by Crippen LogP contribution is 2.30. The van der Waals surface area contributed by atoms with Crippen LogP contribution in [0.1, 0.15) is 45.4 Å². The molecule has 2 amide bonds. The van der Waals surface area contributed by atoms with E-state index in [1.54, 1.807) is 0 Å². The zero-order valence-electron chi connectivity index (χ0n) is 10.0. The van der Waals surface area contributed by atoms with E-state index >= 15 is 0 Å². The summed E-state index contributed by atoms with van der Waals surface area (Å²) in [6.07, 6.45) is 1.20. The fourth-order valence-electron chi connectivity index (χ4n) is 1.84. The smallest absolute Gasteiger partial charge is 0.217 e. The van der Waals surface area contributed by atoms with Gasteiger partial charge in [-0.3, -0.25) is 14.8 Å². The minimum atomic E-state index is -1.15. The largest absolute Gasteiger partial charge is 0.762 e. The van der Waals surface area contributed by atoms with Gasteiger partial charge in [-0.15, -0.1) is 0 Å². The number of carbonyl (C=O) groups excluding carboxylic acids is 2. The SMILES string of the molecule is CCCC(CCC(N)=O)(CCC(N)=O)N([O-])O. The number of nitrogens with two attached hydrogens (primary N) is 2. The minimum Gasteiger partial charge on any atom is -0.762 e. The van der Waals surface area contributed by atoms with E-state index in [1.165, 1.54) is 0 Å². The molecule has 100 valence electrons. The van der Waals surface area contributed by atoms with Crippen LogP contribution in [-0.2, 0) is 9.59 Å². The molecule has 0 spiro atoms. The average molecular weight is 246 g/mol. The highest BCUT2D eigenvalue weighted by atomic mass is 16.8. The van der Waals surface area contributed by atoms with Crippen molar-refractivity contribution >= 4 is 11.8 Å². The molecule has 0 aromatic carbocycles. The van der Waals surface area contributed by atoms with E-state index in [-0.39, 0.29) is 30.9 Å². The van der Waals surface area contributed by atoms with Gasteiger partial charge in [0.2, 0.25) is 11.8 Å². The Bertz CT molecular complexity index is 250. The van der Waals surface area contributed by atoms with Gasteiger partial charge in [-0.05, 0) is 19.3 Å². The summed E-state index contributed by atoms with van der Waals surface area (Å²) in [7, 11) is 0. The summed E-state index contributed by atoms with van der Waals surface area (Å²) in [5.41, 5.74) is 8.88. The Morgan fingerprint density at radius 3 is 1.82 bits per heavy atom. The molecule has 0 fully saturated rings. The zero-order chi connectivity index (χ0) is 13.5. The molecule has 0 heterocycles. The third kappa shape index (κ3) is 5.62. The van der Waals surface area contributed by atoms with Crippen molar-refractivity contribution < 1.29 is 14.8 Å². The molecule has 7 heteroatoms. The van der Waals surface area contributed by atoms with Gasteiger partial charge in [-0.1, -0.05) is 13.3 Å². The molecular formula is C10H20N3O4-. The van der Waals surface area contributed by atoms with E-state index in [9.17, 15) is 20.0 Å². The Morgan fingerprint density at radius 1 is 1.18 bits per heavy atom. The van der Waals surface area contributed by atoms with E-state index in [0.29, 0.717) is 12.8 Å².